The number of aliphatic carboxylic acids is 1. The van der Waals surface area contributed by atoms with Gasteiger partial charge in [-0.25, -0.2) is 0 Å². The molecule has 0 spiro atoms. The molecule has 0 aromatic carbocycles. The first-order chi connectivity index (χ1) is 8.45. The van der Waals surface area contributed by atoms with E-state index in [9.17, 15) is 14.7 Å². The zero-order chi connectivity index (χ0) is 13.8. The number of carbonyl (C=O) groups is 2. The summed E-state index contributed by atoms with van der Waals surface area (Å²) in [7, 11) is 0. The van der Waals surface area contributed by atoms with Gasteiger partial charge in [0.15, 0.2) is 0 Å². The normalized spacial score (nSPS) is 11.3. The van der Waals surface area contributed by atoms with Crippen molar-refractivity contribution in [3.8, 4) is 0 Å². The summed E-state index contributed by atoms with van der Waals surface area (Å²) in [4.78, 5) is 23.0. The van der Waals surface area contributed by atoms with Crippen molar-refractivity contribution in [2.45, 2.75) is 33.6 Å². The average Bonchev–Trinajstić information content (AvgIpc) is 2.77. The van der Waals surface area contributed by atoms with Crippen LogP contribution < -0.4 is 5.32 Å². The molecule has 0 fully saturated rings. The number of hydrogen-bond acceptors (Lipinski definition) is 3. The standard InChI is InChI=1S/C12H19N3O3/c1-4-12(5-2,11(17)18)7-13-10(16)9-6-8(3)14-15-9/h6H,4-5,7H2,1-3H3,(H,13,16)(H,14,15)(H,17,18). The first-order valence-corrected chi connectivity index (χ1v) is 5.98. The molecular formula is C12H19N3O3. The molecule has 18 heavy (non-hydrogen) atoms. The monoisotopic (exact) mass is 253 g/mol. The number of aromatic nitrogens is 2. The van der Waals surface area contributed by atoms with E-state index < -0.39 is 11.4 Å². The lowest BCUT2D eigenvalue weighted by molar-refractivity contribution is -0.149. The van der Waals surface area contributed by atoms with Gasteiger partial charge in [-0.15, -0.1) is 0 Å². The van der Waals surface area contributed by atoms with E-state index in [4.69, 9.17) is 0 Å². The van der Waals surface area contributed by atoms with Gasteiger partial charge in [0.25, 0.3) is 5.91 Å². The second-order valence-corrected chi connectivity index (χ2v) is 4.41. The minimum absolute atomic E-state index is 0.111. The molecule has 0 aliphatic rings. The highest BCUT2D eigenvalue weighted by molar-refractivity contribution is 5.92. The van der Waals surface area contributed by atoms with Crippen LogP contribution in [0.3, 0.4) is 0 Å². The number of amides is 1. The van der Waals surface area contributed by atoms with Crippen molar-refractivity contribution >= 4 is 11.9 Å². The first-order valence-electron chi connectivity index (χ1n) is 5.98. The lowest BCUT2D eigenvalue weighted by Gasteiger charge is -2.26. The number of nitrogens with zero attached hydrogens (tertiary/aromatic N) is 1. The molecule has 3 N–H and O–H groups in total. The van der Waals surface area contributed by atoms with Crippen molar-refractivity contribution in [1.82, 2.24) is 15.5 Å². The third-order valence-electron chi connectivity index (χ3n) is 3.33. The topological polar surface area (TPSA) is 95.1 Å². The number of aromatic amines is 1. The van der Waals surface area contributed by atoms with E-state index in [0.717, 1.165) is 5.69 Å². The Morgan fingerprint density at radius 1 is 1.44 bits per heavy atom. The van der Waals surface area contributed by atoms with Gasteiger partial charge in [0.05, 0.1) is 5.41 Å². The minimum atomic E-state index is -0.902. The van der Waals surface area contributed by atoms with Crippen LogP contribution in [-0.4, -0.2) is 33.7 Å². The van der Waals surface area contributed by atoms with Crippen LogP contribution >= 0.6 is 0 Å². The summed E-state index contributed by atoms with van der Waals surface area (Å²) in [6.07, 6.45) is 0.942. The van der Waals surface area contributed by atoms with Crippen LogP contribution in [0, 0.1) is 12.3 Å². The molecule has 1 aromatic rings. The third-order valence-corrected chi connectivity index (χ3v) is 3.33. The number of nitrogens with one attached hydrogen (secondary N) is 2. The van der Waals surface area contributed by atoms with E-state index in [0.29, 0.717) is 12.8 Å². The van der Waals surface area contributed by atoms with Crippen molar-refractivity contribution < 1.29 is 14.7 Å². The third kappa shape index (κ3) is 2.88. The summed E-state index contributed by atoms with van der Waals surface area (Å²) < 4.78 is 0. The average molecular weight is 253 g/mol. The smallest absolute Gasteiger partial charge is 0.311 e. The van der Waals surface area contributed by atoms with Crippen molar-refractivity contribution in [2.75, 3.05) is 6.54 Å². The van der Waals surface area contributed by atoms with Gasteiger partial charge < -0.3 is 10.4 Å². The van der Waals surface area contributed by atoms with Crippen molar-refractivity contribution in [2.24, 2.45) is 5.41 Å². The van der Waals surface area contributed by atoms with E-state index in [-0.39, 0.29) is 18.1 Å². The van der Waals surface area contributed by atoms with E-state index in [2.05, 4.69) is 15.5 Å². The quantitative estimate of drug-likeness (QED) is 0.713. The van der Waals surface area contributed by atoms with Crippen LogP contribution in [0.1, 0.15) is 42.9 Å². The molecule has 1 amide bonds. The second kappa shape index (κ2) is 5.66. The van der Waals surface area contributed by atoms with Crippen LogP contribution in [0.15, 0.2) is 6.07 Å². The zero-order valence-electron chi connectivity index (χ0n) is 10.9. The molecule has 0 saturated heterocycles. The van der Waals surface area contributed by atoms with E-state index in [1.807, 2.05) is 13.8 Å². The molecule has 1 heterocycles. The molecule has 1 aromatic heterocycles. The van der Waals surface area contributed by atoms with Gasteiger partial charge in [0, 0.05) is 12.2 Å². The number of carbonyl (C=O) groups excluding carboxylic acids is 1. The molecule has 0 aliphatic carbocycles. The van der Waals surface area contributed by atoms with Gasteiger partial charge in [0.1, 0.15) is 5.69 Å². The molecule has 0 radical (unpaired) electrons. The van der Waals surface area contributed by atoms with Crippen LogP contribution in [-0.2, 0) is 4.79 Å². The summed E-state index contributed by atoms with van der Waals surface area (Å²) in [6.45, 7) is 5.52. The van der Waals surface area contributed by atoms with Gasteiger partial charge >= 0.3 is 5.97 Å². The Kier molecular flexibility index (Phi) is 4.47. The van der Waals surface area contributed by atoms with Crippen LogP contribution in [0.2, 0.25) is 0 Å². The maximum Gasteiger partial charge on any atom is 0.311 e. The highest BCUT2D eigenvalue weighted by Gasteiger charge is 2.35. The molecule has 6 nitrogen and oxygen atoms in total. The summed E-state index contributed by atoms with van der Waals surface area (Å²) in [5.74, 6) is -1.24. The van der Waals surface area contributed by atoms with Crippen LogP contribution in [0.5, 0.6) is 0 Å². The maximum absolute atomic E-state index is 11.8. The fourth-order valence-corrected chi connectivity index (χ4v) is 1.75. The van der Waals surface area contributed by atoms with Crippen LogP contribution in [0.25, 0.3) is 0 Å². The summed E-state index contributed by atoms with van der Waals surface area (Å²) in [5.41, 5.74) is 0.163. The maximum atomic E-state index is 11.8. The number of H-pyrrole nitrogens is 1. The second-order valence-electron chi connectivity index (χ2n) is 4.41. The van der Waals surface area contributed by atoms with Crippen LogP contribution in [0.4, 0.5) is 0 Å². The number of carboxylic acid groups (broad SMARTS) is 1. The minimum Gasteiger partial charge on any atom is -0.481 e. The number of rotatable bonds is 6. The Labute approximate surface area is 106 Å². The Morgan fingerprint density at radius 3 is 2.44 bits per heavy atom. The molecule has 0 unspecified atom stereocenters. The zero-order valence-corrected chi connectivity index (χ0v) is 10.9. The fraction of sp³-hybridized carbons (Fsp3) is 0.583. The number of hydrogen-bond donors (Lipinski definition) is 3. The van der Waals surface area contributed by atoms with Gasteiger partial charge in [-0.05, 0) is 25.8 Å². The molecule has 1 rings (SSSR count). The van der Waals surface area contributed by atoms with Gasteiger partial charge in [0.2, 0.25) is 0 Å². The highest BCUT2D eigenvalue weighted by atomic mass is 16.4. The van der Waals surface area contributed by atoms with Gasteiger partial charge in [-0.2, -0.15) is 5.10 Å². The highest BCUT2D eigenvalue weighted by Crippen LogP contribution is 2.25. The first kappa shape index (κ1) is 14.2. The Morgan fingerprint density at radius 2 is 2.06 bits per heavy atom. The van der Waals surface area contributed by atoms with E-state index >= 15 is 0 Å². The largest absolute Gasteiger partial charge is 0.481 e. The molecular weight excluding hydrogens is 234 g/mol. The molecule has 0 bridgehead atoms. The molecule has 0 aliphatic heterocycles. The molecule has 6 heteroatoms. The summed E-state index contributed by atoms with van der Waals surface area (Å²) in [6, 6.07) is 1.62. The predicted molar refractivity (Wildman–Crippen MR) is 66.3 cm³/mol. The van der Waals surface area contributed by atoms with E-state index in [1.54, 1.807) is 13.0 Å². The van der Waals surface area contributed by atoms with Gasteiger partial charge in [-0.1, -0.05) is 13.8 Å². The summed E-state index contributed by atoms with van der Waals surface area (Å²) in [5, 5.41) is 18.4. The Hall–Kier alpha value is -1.85. The Balaban J connectivity index is 2.69. The fourth-order valence-electron chi connectivity index (χ4n) is 1.75. The Bertz CT molecular complexity index is 436. The molecule has 0 saturated carbocycles. The predicted octanol–water partition coefficient (Wildman–Crippen LogP) is 1.34. The SMILES string of the molecule is CCC(CC)(CNC(=O)c1cc(C)[nH]n1)C(=O)O. The van der Waals surface area contributed by atoms with Crippen molar-refractivity contribution in [1.29, 1.82) is 0 Å². The van der Waals surface area contributed by atoms with Gasteiger partial charge in [-0.3, -0.25) is 14.7 Å². The number of aryl methyl sites for hydroxylation is 1. The van der Waals surface area contributed by atoms with E-state index in [1.165, 1.54) is 0 Å². The summed E-state index contributed by atoms with van der Waals surface area (Å²) >= 11 is 0. The molecule has 0 atom stereocenters. The lowest BCUT2D eigenvalue weighted by atomic mass is 9.82. The lowest BCUT2D eigenvalue weighted by Crippen LogP contribution is -2.42. The van der Waals surface area contributed by atoms with Crippen molar-refractivity contribution in [3.63, 3.8) is 0 Å². The number of carboxylic acids is 1. The van der Waals surface area contributed by atoms with Crippen molar-refractivity contribution in [3.05, 3.63) is 17.5 Å². The molecule has 100 valence electrons.